The van der Waals surface area contributed by atoms with Gasteiger partial charge in [0.2, 0.25) is 0 Å². The highest BCUT2D eigenvalue weighted by atomic mass is 32.1. The topological polar surface area (TPSA) is 79.3 Å². The number of aryl methyl sites for hydroxylation is 1. The van der Waals surface area contributed by atoms with Crippen molar-refractivity contribution in [2.75, 3.05) is 6.54 Å². The van der Waals surface area contributed by atoms with Crippen molar-refractivity contribution in [2.24, 2.45) is 5.92 Å². The van der Waals surface area contributed by atoms with E-state index in [2.05, 4.69) is 10.3 Å². The molecule has 2 N–H and O–H groups in total. The van der Waals surface area contributed by atoms with Gasteiger partial charge in [0.25, 0.3) is 5.91 Å². The lowest BCUT2D eigenvalue weighted by atomic mass is 10.1. The molecule has 1 rings (SSSR count). The number of thiazole rings is 1. The highest BCUT2D eigenvalue weighted by Crippen LogP contribution is 2.11. The molecule has 0 radical (unpaired) electrons. The molecule has 0 fully saturated rings. The van der Waals surface area contributed by atoms with E-state index in [9.17, 15) is 9.59 Å². The van der Waals surface area contributed by atoms with Gasteiger partial charge >= 0.3 is 5.97 Å². The van der Waals surface area contributed by atoms with E-state index in [4.69, 9.17) is 5.11 Å². The first-order valence-electron chi connectivity index (χ1n) is 4.98. The van der Waals surface area contributed by atoms with Crippen LogP contribution in [0.1, 0.15) is 28.0 Å². The number of carbonyl (C=O) groups is 2. The van der Waals surface area contributed by atoms with Crippen molar-refractivity contribution in [3.8, 4) is 0 Å². The van der Waals surface area contributed by atoms with Crippen molar-refractivity contribution in [3.05, 3.63) is 16.1 Å². The largest absolute Gasteiger partial charge is 0.481 e. The molecule has 0 aliphatic carbocycles. The average molecular weight is 242 g/mol. The smallest absolute Gasteiger partial charge is 0.308 e. The Balaban J connectivity index is 2.49. The van der Waals surface area contributed by atoms with Crippen LogP contribution in [-0.2, 0) is 4.79 Å². The molecule has 1 aromatic heterocycles. The quantitative estimate of drug-likeness (QED) is 0.815. The number of hydrogen-bond acceptors (Lipinski definition) is 4. The zero-order chi connectivity index (χ0) is 12.1. The fourth-order valence-corrected chi connectivity index (χ4v) is 1.87. The summed E-state index contributed by atoms with van der Waals surface area (Å²) in [5.41, 5.74) is 0. The minimum atomic E-state index is -0.886. The number of carboxylic acid groups (broad SMARTS) is 1. The van der Waals surface area contributed by atoms with E-state index in [1.807, 2.05) is 6.92 Å². The van der Waals surface area contributed by atoms with Crippen molar-refractivity contribution >= 4 is 23.2 Å². The van der Waals surface area contributed by atoms with Crippen molar-refractivity contribution in [1.82, 2.24) is 10.3 Å². The summed E-state index contributed by atoms with van der Waals surface area (Å²) >= 11 is 1.29. The van der Waals surface area contributed by atoms with E-state index in [-0.39, 0.29) is 12.5 Å². The van der Waals surface area contributed by atoms with Crippen molar-refractivity contribution in [1.29, 1.82) is 0 Å². The third-order valence-corrected chi connectivity index (χ3v) is 3.11. The molecule has 88 valence electrons. The maximum atomic E-state index is 11.6. The summed E-state index contributed by atoms with van der Waals surface area (Å²) in [5.74, 6) is -1.67. The Morgan fingerprint density at radius 3 is 2.75 bits per heavy atom. The molecule has 1 heterocycles. The van der Waals surface area contributed by atoms with Gasteiger partial charge in [0.1, 0.15) is 4.88 Å². The molecule has 1 amide bonds. The highest BCUT2D eigenvalue weighted by molar-refractivity contribution is 7.13. The molecule has 0 bridgehead atoms. The van der Waals surface area contributed by atoms with Crippen molar-refractivity contribution in [2.45, 2.75) is 20.3 Å². The van der Waals surface area contributed by atoms with Crippen LogP contribution < -0.4 is 5.32 Å². The Hall–Kier alpha value is -1.43. The fourth-order valence-electron chi connectivity index (χ4n) is 1.18. The Bertz CT molecular complexity index is 389. The Labute approximate surface area is 97.5 Å². The molecule has 0 spiro atoms. The number of carboxylic acids is 1. The number of rotatable bonds is 5. The van der Waals surface area contributed by atoms with Gasteiger partial charge in [0, 0.05) is 6.54 Å². The first-order chi connectivity index (χ1) is 7.54. The molecule has 0 aromatic carbocycles. The lowest BCUT2D eigenvalue weighted by Crippen LogP contribution is -2.32. The van der Waals surface area contributed by atoms with Gasteiger partial charge in [-0.25, -0.2) is 4.98 Å². The minimum Gasteiger partial charge on any atom is -0.481 e. The summed E-state index contributed by atoms with van der Waals surface area (Å²) < 4.78 is 0. The number of nitrogens with one attached hydrogen (secondary N) is 1. The molecule has 0 saturated heterocycles. The Morgan fingerprint density at radius 2 is 2.31 bits per heavy atom. The second-order valence-corrected chi connectivity index (χ2v) is 4.63. The zero-order valence-electron chi connectivity index (χ0n) is 9.19. The molecule has 1 atom stereocenters. The number of carbonyl (C=O) groups excluding carboxylic acids is 1. The Kier molecular flexibility index (Phi) is 4.42. The number of aromatic nitrogens is 1. The minimum absolute atomic E-state index is 0.154. The lowest BCUT2D eigenvalue weighted by molar-refractivity contribution is -0.141. The maximum absolute atomic E-state index is 11.6. The second kappa shape index (κ2) is 5.60. The number of nitrogens with zero attached hydrogens (tertiary/aromatic N) is 1. The second-order valence-electron chi connectivity index (χ2n) is 3.40. The van der Waals surface area contributed by atoms with Crippen molar-refractivity contribution < 1.29 is 14.7 Å². The summed E-state index contributed by atoms with van der Waals surface area (Å²) in [6.45, 7) is 3.75. The van der Waals surface area contributed by atoms with E-state index < -0.39 is 11.9 Å². The number of aliphatic carboxylic acids is 1. The number of amides is 1. The van der Waals surface area contributed by atoms with E-state index in [0.717, 1.165) is 5.01 Å². The molecule has 0 saturated carbocycles. The van der Waals surface area contributed by atoms with Crippen LogP contribution in [0, 0.1) is 12.8 Å². The van der Waals surface area contributed by atoms with Gasteiger partial charge in [-0.15, -0.1) is 11.3 Å². The first kappa shape index (κ1) is 12.6. The Morgan fingerprint density at radius 1 is 1.62 bits per heavy atom. The molecular formula is C10H14N2O3S. The third-order valence-electron chi connectivity index (χ3n) is 2.20. The maximum Gasteiger partial charge on any atom is 0.308 e. The van der Waals surface area contributed by atoms with Gasteiger partial charge in [0.15, 0.2) is 0 Å². The first-order valence-corrected chi connectivity index (χ1v) is 5.79. The fraction of sp³-hybridized carbons (Fsp3) is 0.500. The van der Waals surface area contributed by atoms with Gasteiger partial charge in [-0.2, -0.15) is 0 Å². The van der Waals surface area contributed by atoms with Crippen LogP contribution in [0.3, 0.4) is 0 Å². The third kappa shape index (κ3) is 3.30. The number of hydrogen-bond donors (Lipinski definition) is 2. The summed E-state index contributed by atoms with van der Waals surface area (Å²) in [6.07, 6.45) is 1.99. The molecule has 0 aliphatic heterocycles. The van der Waals surface area contributed by atoms with E-state index in [1.54, 1.807) is 6.92 Å². The lowest BCUT2D eigenvalue weighted by Gasteiger charge is -2.09. The molecule has 16 heavy (non-hydrogen) atoms. The van der Waals surface area contributed by atoms with Gasteiger partial charge in [-0.3, -0.25) is 9.59 Å². The predicted octanol–water partition coefficient (Wildman–Crippen LogP) is 1.29. The molecule has 1 unspecified atom stereocenters. The predicted molar refractivity (Wildman–Crippen MR) is 60.6 cm³/mol. The van der Waals surface area contributed by atoms with Crippen LogP contribution >= 0.6 is 11.3 Å². The van der Waals surface area contributed by atoms with Gasteiger partial charge < -0.3 is 10.4 Å². The molecular weight excluding hydrogens is 228 g/mol. The molecule has 6 heteroatoms. The summed E-state index contributed by atoms with van der Waals surface area (Å²) in [4.78, 5) is 26.8. The monoisotopic (exact) mass is 242 g/mol. The van der Waals surface area contributed by atoms with Crippen molar-refractivity contribution in [3.63, 3.8) is 0 Å². The summed E-state index contributed by atoms with van der Waals surface area (Å²) in [7, 11) is 0. The summed E-state index contributed by atoms with van der Waals surface area (Å²) in [5, 5.41) is 12.2. The summed E-state index contributed by atoms with van der Waals surface area (Å²) in [6, 6.07) is 0. The SMILES string of the molecule is CCC(CNC(=O)c1cnc(C)s1)C(=O)O. The van der Waals surface area contributed by atoms with Crippen LogP contribution in [0.2, 0.25) is 0 Å². The van der Waals surface area contributed by atoms with Gasteiger partial charge in [-0.05, 0) is 13.3 Å². The van der Waals surface area contributed by atoms with E-state index in [0.29, 0.717) is 11.3 Å². The van der Waals surface area contributed by atoms with Crippen LogP contribution in [0.15, 0.2) is 6.20 Å². The zero-order valence-corrected chi connectivity index (χ0v) is 10.0. The average Bonchev–Trinajstić information content (AvgIpc) is 2.65. The molecule has 5 nitrogen and oxygen atoms in total. The van der Waals surface area contributed by atoms with Gasteiger partial charge in [0.05, 0.1) is 17.1 Å². The van der Waals surface area contributed by atoms with E-state index >= 15 is 0 Å². The highest BCUT2D eigenvalue weighted by Gasteiger charge is 2.17. The molecule has 0 aliphatic rings. The van der Waals surface area contributed by atoms with Crippen LogP contribution in [0.4, 0.5) is 0 Å². The normalized spacial score (nSPS) is 12.1. The van der Waals surface area contributed by atoms with Crippen LogP contribution in [-0.4, -0.2) is 28.5 Å². The van der Waals surface area contributed by atoms with Gasteiger partial charge in [-0.1, -0.05) is 6.92 Å². The van der Waals surface area contributed by atoms with Crippen LogP contribution in [0.25, 0.3) is 0 Å². The standard InChI is InChI=1S/C10H14N2O3S/c1-3-7(10(14)15)4-12-9(13)8-5-11-6(2)16-8/h5,7H,3-4H2,1-2H3,(H,12,13)(H,14,15). The van der Waals surface area contributed by atoms with Crippen LogP contribution in [0.5, 0.6) is 0 Å². The molecule has 1 aromatic rings. The van der Waals surface area contributed by atoms with E-state index in [1.165, 1.54) is 17.5 Å².